The fourth-order valence-electron chi connectivity index (χ4n) is 7.98. The zero-order valence-electron chi connectivity index (χ0n) is 29.5. The summed E-state index contributed by atoms with van der Waals surface area (Å²) >= 11 is 0. The predicted molar refractivity (Wildman–Crippen MR) is 185 cm³/mol. The molecule has 0 radical (unpaired) electrons. The minimum atomic E-state index is -3.97. The van der Waals surface area contributed by atoms with Crippen molar-refractivity contribution in [2.75, 3.05) is 26.2 Å². The number of nitrogens with one attached hydrogen (secondary N) is 2. The third kappa shape index (κ3) is 12.9. The lowest BCUT2D eigenvalue weighted by Crippen LogP contribution is -2.55. The molecule has 3 saturated carbocycles. The van der Waals surface area contributed by atoms with Crippen LogP contribution in [0, 0.1) is 23.7 Å². The summed E-state index contributed by atoms with van der Waals surface area (Å²) in [7, 11) is -3.97. The summed E-state index contributed by atoms with van der Waals surface area (Å²) in [5, 5.41) is 21.3. The van der Waals surface area contributed by atoms with E-state index in [1.165, 1.54) is 6.42 Å². The topological polar surface area (TPSA) is 162 Å². The number of primary sulfonamides is 1. The number of carbonyl (C=O) groups excluding carboxylic acids is 3. The van der Waals surface area contributed by atoms with Crippen molar-refractivity contribution in [2.24, 2.45) is 28.8 Å². The van der Waals surface area contributed by atoms with Crippen LogP contribution in [0.2, 0.25) is 0 Å². The number of carbonyl (C=O) groups is 3. The van der Waals surface area contributed by atoms with Crippen LogP contribution in [0.4, 0.5) is 0 Å². The van der Waals surface area contributed by atoms with Crippen LogP contribution in [-0.4, -0.2) is 84.7 Å². The van der Waals surface area contributed by atoms with E-state index in [4.69, 9.17) is 5.14 Å². The van der Waals surface area contributed by atoms with Crippen LogP contribution < -0.4 is 15.9 Å². The highest BCUT2D eigenvalue weighted by atomic mass is 32.2. The molecule has 0 saturated heterocycles. The number of aliphatic hydroxyl groups excluding tert-OH is 1. The van der Waals surface area contributed by atoms with Gasteiger partial charge in [-0.05, 0) is 63.7 Å². The van der Waals surface area contributed by atoms with E-state index in [9.17, 15) is 27.9 Å². The van der Waals surface area contributed by atoms with Crippen molar-refractivity contribution < 1.29 is 27.9 Å². The molecule has 0 bridgehead atoms. The summed E-state index contributed by atoms with van der Waals surface area (Å²) in [5.41, 5.74) is 3.10. The van der Waals surface area contributed by atoms with Crippen molar-refractivity contribution in [3.8, 4) is 0 Å². The van der Waals surface area contributed by atoms with Crippen LogP contribution in [0.3, 0.4) is 0 Å². The predicted octanol–water partition coefficient (Wildman–Crippen LogP) is 4.24. The largest absolute Gasteiger partial charge is 0.390 e. The Morgan fingerprint density at radius 3 is 1.96 bits per heavy atom. The molecule has 0 aliphatic heterocycles. The van der Waals surface area contributed by atoms with Crippen molar-refractivity contribution in [3.63, 3.8) is 0 Å². The van der Waals surface area contributed by atoms with Gasteiger partial charge in [0.05, 0.1) is 17.4 Å². The summed E-state index contributed by atoms with van der Waals surface area (Å²) in [6.45, 7) is 8.05. The first kappa shape index (κ1) is 39.7. The molecule has 5 atom stereocenters. The van der Waals surface area contributed by atoms with Gasteiger partial charge in [-0.15, -0.1) is 0 Å². The normalized spacial score (nSPS) is 24.4. The van der Waals surface area contributed by atoms with Crippen LogP contribution >= 0.6 is 0 Å². The van der Waals surface area contributed by atoms with Crippen molar-refractivity contribution in [3.05, 3.63) is 0 Å². The number of hydrogen-bond acceptors (Lipinski definition) is 7. The maximum atomic E-state index is 14.0. The molecule has 272 valence electrons. The molecular formula is C35H65N5O6S. The molecule has 3 amide bonds. The lowest BCUT2D eigenvalue weighted by atomic mass is 9.79. The van der Waals surface area contributed by atoms with Gasteiger partial charge in [0.15, 0.2) is 0 Å². The number of sulfonamides is 1. The van der Waals surface area contributed by atoms with Crippen LogP contribution in [0.1, 0.15) is 136 Å². The van der Waals surface area contributed by atoms with Crippen LogP contribution in [0.15, 0.2) is 0 Å². The quantitative estimate of drug-likeness (QED) is 0.157. The average Bonchev–Trinajstić information content (AvgIpc) is 3.06. The molecule has 0 heterocycles. The molecule has 5 unspecified atom stereocenters. The van der Waals surface area contributed by atoms with E-state index < -0.39 is 39.3 Å². The van der Waals surface area contributed by atoms with Gasteiger partial charge in [0.25, 0.3) is 0 Å². The Balaban J connectivity index is 1.78. The minimum absolute atomic E-state index is 0.00742. The Hall–Kier alpha value is -1.76. The van der Waals surface area contributed by atoms with Gasteiger partial charge < -0.3 is 15.3 Å². The van der Waals surface area contributed by atoms with Gasteiger partial charge in [0, 0.05) is 43.9 Å². The highest BCUT2D eigenvalue weighted by molar-refractivity contribution is 7.89. The number of aliphatic hydroxyl groups is 1. The fourth-order valence-corrected chi connectivity index (χ4v) is 8.98. The van der Waals surface area contributed by atoms with Crippen molar-refractivity contribution in [1.82, 2.24) is 20.7 Å². The van der Waals surface area contributed by atoms with Crippen molar-refractivity contribution >= 4 is 27.7 Å². The molecule has 3 fully saturated rings. The Bertz CT molecular complexity index is 1070. The zero-order chi connectivity index (χ0) is 34.4. The fraction of sp³-hybridized carbons (Fsp3) is 0.914. The van der Waals surface area contributed by atoms with Crippen molar-refractivity contribution in [1.29, 1.82) is 0 Å². The third-order valence-electron chi connectivity index (χ3n) is 10.7. The third-order valence-corrected chi connectivity index (χ3v) is 12.0. The van der Waals surface area contributed by atoms with Gasteiger partial charge >= 0.3 is 0 Å². The maximum Gasteiger partial charge on any atom is 0.237 e. The van der Waals surface area contributed by atoms with E-state index in [1.807, 2.05) is 18.9 Å². The van der Waals surface area contributed by atoms with E-state index in [1.54, 1.807) is 4.90 Å². The van der Waals surface area contributed by atoms with Gasteiger partial charge in [0.2, 0.25) is 27.7 Å². The Labute approximate surface area is 284 Å². The Morgan fingerprint density at radius 2 is 1.38 bits per heavy atom. The van der Waals surface area contributed by atoms with Gasteiger partial charge in [-0.3, -0.25) is 19.8 Å². The van der Waals surface area contributed by atoms with E-state index in [0.717, 1.165) is 83.5 Å². The minimum Gasteiger partial charge on any atom is -0.390 e. The lowest BCUT2D eigenvalue weighted by Gasteiger charge is -2.37. The first-order valence-corrected chi connectivity index (χ1v) is 20.4. The summed E-state index contributed by atoms with van der Waals surface area (Å²) in [6.07, 6.45) is 14.0. The molecule has 0 spiro atoms. The van der Waals surface area contributed by atoms with Crippen LogP contribution in [0.25, 0.3) is 0 Å². The molecule has 3 aliphatic carbocycles. The van der Waals surface area contributed by atoms with Gasteiger partial charge in [-0.2, -0.15) is 0 Å². The number of nitrogens with zero attached hydrogens (tertiary/aromatic N) is 2. The summed E-state index contributed by atoms with van der Waals surface area (Å²) in [5.74, 6) is -1.41. The van der Waals surface area contributed by atoms with Gasteiger partial charge in [0.1, 0.15) is 0 Å². The molecule has 3 aliphatic rings. The monoisotopic (exact) mass is 683 g/mol. The maximum absolute atomic E-state index is 14.0. The molecule has 0 aromatic rings. The summed E-state index contributed by atoms with van der Waals surface area (Å²) < 4.78 is 25.2. The molecule has 0 aromatic heterocycles. The number of amides is 3. The Morgan fingerprint density at radius 1 is 0.787 bits per heavy atom. The second kappa shape index (κ2) is 20.0. The lowest BCUT2D eigenvalue weighted by molar-refractivity contribution is -0.139. The number of nitrogens with two attached hydrogens (primary N) is 1. The van der Waals surface area contributed by atoms with E-state index in [2.05, 4.69) is 17.7 Å². The van der Waals surface area contributed by atoms with Gasteiger partial charge in [-0.1, -0.05) is 78.6 Å². The van der Waals surface area contributed by atoms with E-state index >= 15 is 0 Å². The second-order valence-corrected chi connectivity index (χ2v) is 16.5. The first-order valence-electron chi connectivity index (χ1n) is 18.8. The van der Waals surface area contributed by atoms with Crippen molar-refractivity contribution in [2.45, 2.75) is 154 Å². The number of hydrazine groups is 1. The molecule has 5 N–H and O–H groups in total. The second-order valence-electron chi connectivity index (χ2n) is 14.7. The summed E-state index contributed by atoms with van der Waals surface area (Å²) in [4.78, 5) is 42.5. The zero-order valence-corrected chi connectivity index (χ0v) is 30.3. The SMILES string of the molecule is CCCCN(CC(O)C(CC1CCCCC1)NC(=O)C1CC(C(=O)N(CCC)CCC)CC(S(N)(=O)=O)C1)NC(=O)C1CCCCC1. The summed E-state index contributed by atoms with van der Waals surface area (Å²) in [6, 6.07) is -0.568. The highest BCUT2D eigenvalue weighted by Crippen LogP contribution is 2.35. The first-order chi connectivity index (χ1) is 22.5. The smallest absolute Gasteiger partial charge is 0.237 e. The molecule has 11 nitrogen and oxygen atoms in total. The Kier molecular flexibility index (Phi) is 16.9. The van der Waals surface area contributed by atoms with E-state index in [0.29, 0.717) is 32.0 Å². The number of rotatable bonds is 18. The molecule has 47 heavy (non-hydrogen) atoms. The molecule has 3 rings (SSSR count). The molecule has 0 aromatic carbocycles. The number of unbranched alkanes of at least 4 members (excludes halogenated alkanes) is 1. The van der Waals surface area contributed by atoms with Gasteiger partial charge in [-0.25, -0.2) is 18.6 Å². The van der Waals surface area contributed by atoms with E-state index in [-0.39, 0.29) is 49.4 Å². The molecule has 12 heteroatoms. The number of hydrogen-bond donors (Lipinski definition) is 4. The average molecular weight is 684 g/mol. The van der Waals surface area contributed by atoms with Crippen LogP contribution in [-0.2, 0) is 24.4 Å². The van der Waals surface area contributed by atoms with Crippen LogP contribution in [0.5, 0.6) is 0 Å². The highest BCUT2D eigenvalue weighted by Gasteiger charge is 2.42. The standard InChI is InChI=1S/C35H65N5O6S/c1-4-7-20-40(38-34(43)27-16-12-9-13-17-27)25-32(41)31(21-26-14-10-8-11-15-26)37-33(42)28-22-29(24-30(23-28)47(36,45)46)35(44)39(18-5-2)19-6-3/h26-32,41H,4-25H2,1-3H3,(H,37,42)(H,38,43)(H2,36,45,46). The molecular weight excluding hydrogens is 618 g/mol.